The van der Waals surface area contributed by atoms with Gasteiger partial charge in [0, 0.05) is 25.7 Å². The fourth-order valence-electron chi connectivity index (χ4n) is 5.42. The average Bonchev–Trinajstić information content (AvgIpc) is 2.98. The fourth-order valence-corrected chi connectivity index (χ4v) is 8.17. The largest absolute Gasteiger partial charge is 0.424 e. The lowest BCUT2D eigenvalue weighted by Gasteiger charge is -2.28. The Morgan fingerprint density at radius 3 is 1.74 bits per heavy atom. The van der Waals surface area contributed by atoms with Gasteiger partial charge in [0.15, 0.2) is 0 Å². The second-order valence-corrected chi connectivity index (χ2v) is 15.2. The van der Waals surface area contributed by atoms with Crippen LogP contribution in [0.4, 0.5) is 0 Å². The molecule has 0 radical (unpaired) electrons. The van der Waals surface area contributed by atoms with Crippen LogP contribution in [0.5, 0.6) is 11.5 Å². The Kier molecular flexibility index (Phi) is 11.7. The summed E-state index contributed by atoms with van der Waals surface area (Å²) < 4.78 is 52.2. The van der Waals surface area contributed by atoms with E-state index in [1.54, 1.807) is 0 Å². The topological polar surface area (TPSA) is 71.1 Å². The quantitative estimate of drug-likeness (QED) is 0.0969. The van der Waals surface area contributed by atoms with Crippen molar-refractivity contribution < 1.29 is 27.2 Å². The Morgan fingerprint density at radius 2 is 1.29 bits per heavy atom. The summed E-state index contributed by atoms with van der Waals surface area (Å²) in [6, 6.07) is 23.1. The molecule has 1 aliphatic carbocycles. The van der Waals surface area contributed by atoms with Crippen LogP contribution in [0.25, 0.3) is 0 Å². The Bertz CT molecular complexity index is 1330. The van der Waals surface area contributed by atoms with Crippen LogP contribution in [0.3, 0.4) is 0 Å². The van der Waals surface area contributed by atoms with E-state index < -0.39 is 15.2 Å². The highest BCUT2D eigenvalue weighted by Crippen LogP contribution is 2.57. The first-order valence-electron chi connectivity index (χ1n) is 14.9. The summed E-state index contributed by atoms with van der Waals surface area (Å²) in [5.41, 5.74) is 4.70. The number of hydrogen-bond donors (Lipinski definition) is 0. The summed E-state index contributed by atoms with van der Waals surface area (Å²) in [7, 11) is -4.34. The molecule has 0 N–H and O–H groups in total. The van der Waals surface area contributed by atoms with Gasteiger partial charge in [0.25, 0.3) is 0 Å². The van der Waals surface area contributed by atoms with Crippen molar-refractivity contribution in [3.63, 3.8) is 0 Å². The Morgan fingerprint density at radius 1 is 0.762 bits per heavy atom. The minimum absolute atomic E-state index is 0.0579. The molecule has 0 bridgehead atoms. The summed E-state index contributed by atoms with van der Waals surface area (Å²) in [5, 5.41) is 0. The smallest absolute Gasteiger partial charge is 0.383 e. The number of allylic oxidation sites excluding steroid dienone is 2. The molecule has 0 aliphatic heterocycles. The number of rotatable bonds is 15. The summed E-state index contributed by atoms with van der Waals surface area (Å²) in [6.07, 6.45) is 9.30. The second kappa shape index (κ2) is 15.2. The van der Waals surface area contributed by atoms with Gasteiger partial charge in [-0.2, -0.15) is 0 Å². The lowest BCUT2D eigenvalue weighted by Crippen LogP contribution is -2.10. The predicted molar refractivity (Wildman–Crippen MR) is 171 cm³/mol. The average molecular weight is 611 g/mol. The van der Waals surface area contributed by atoms with Gasteiger partial charge in [-0.1, -0.05) is 92.1 Å². The van der Waals surface area contributed by atoms with Crippen molar-refractivity contribution in [2.24, 2.45) is 0 Å². The zero-order chi connectivity index (χ0) is 30.0. The molecule has 3 unspecified atom stereocenters. The van der Waals surface area contributed by atoms with E-state index in [2.05, 4.69) is 19.9 Å². The first-order chi connectivity index (χ1) is 20.3. The van der Waals surface area contributed by atoms with E-state index in [0.717, 1.165) is 67.2 Å². The third-order valence-corrected chi connectivity index (χ3v) is 11.2. The van der Waals surface area contributed by atoms with Gasteiger partial charge in [0.2, 0.25) is 0 Å². The number of unbranched alkanes of at least 4 members (excludes halogenated alkanes) is 2. The molecule has 42 heavy (non-hydrogen) atoms. The van der Waals surface area contributed by atoms with E-state index in [0.29, 0.717) is 11.5 Å². The van der Waals surface area contributed by atoms with E-state index in [1.165, 1.54) is 19.8 Å². The van der Waals surface area contributed by atoms with Crippen molar-refractivity contribution in [1.82, 2.24) is 0 Å². The molecule has 0 heterocycles. The maximum atomic E-state index is 14.1. The SMILES string of the molecule is CCCCCc1cc(OP(=O)(Cc2ccccc2)OC)c(C2C=C(C)CCC2)c(OP(=O)(Cc2ccccc2)OC)c1. The van der Waals surface area contributed by atoms with Crippen LogP contribution in [0.1, 0.15) is 80.5 Å². The van der Waals surface area contributed by atoms with Gasteiger partial charge < -0.3 is 18.1 Å². The molecule has 0 amide bonds. The van der Waals surface area contributed by atoms with E-state index in [9.17, 15) is 9.13 Å². The van der Waals surface area contributed by atoms with Gasteiger partial charge >= 0.3 is 15.2 Å². The monoisotopic (exact) mass is 610 g/mol. The number of aryl methyl sites for hydroxylation is 1. The van der Waals surface area contributed by atoms with Crippen molar-refractivity contribution in [2.75, 3.05) is 14.2 Å². The van der Waals surface area contributed by atoms with Gasteiger partial charge in [-0.3, -0.25) is 0 Å². The van der Waals surface area contributed by atoms with Gasteiger partial charge in [-0.05, 0) is 67.9 Å². The second-order valence-electron chi connectivity index (χ2n) is 11.0. The van der Waals surface area contributed by atoms with E-state index >= 15 is 0 Å². The van der Waals surface area contributed by atoms with Gasteiger partial charge in [-0.25, -0.2) is 9.13 Å². The van der Waals surface area contributed by atoms with Crippen molar-refractivity contribution in [3.8, 4) is 11.5 Å². The molecule has 0 spiro atoms. The lowest BCUT2D eigenvalue weighted by molar-refractivity contribution is 0.313. The summed E-state index contributed by atoms with van der Waals surface area (Å²) in [4.78, 5) is 0. The summed E-state index contributed by atoms with van der Waals surface area (Å²) in [5.74, 6) is 0.856. The molecule has 4 rings (SSSR count). The summed E-state index contributed by atoms with van der Waals surface area (Å²) in [6.45, 7) is 4.29. The molecule has 6 nitrogen and oxygen atoms in total. The normalized spacial score (nSPS) is 18.0. The molecule has 226 valence electrons. The van der Waals surface area contributed by atoms with Gasteiger partial charge in [0.05, 0.1) is 12.3 Å². The molecule has 0 fully saturated rings. The Labute approximate surface area is 251 Å². The minimum atomic E-state index is -3.60. The van der Waals surface area contributed by atoms with Crippen LogP contribution >= 0.6 is 15.2 Å². The Balaban J connectivity index is 1.82. The molecule has 0 saturated carbocycles. The van der Waals surface area contributed by atoms with Crippen LogP contribution < -0.4 is 9.05 Å². The lowest BCUT2D eigenvalue weighted by atomic mass is 9.84. The predicted octanol–water partition coefficient (Wildman–Crippen LogP) is 10.5. The first kappa shape index (κ1) is 32.3. The van der Waals surface area contributed by atoms with E-state index in [1.807, 2.05) is 72.8 Å². The molecule has 3 aromatic carbocycles. The Hall–Kier alpha value is -2.62. The van der Waals surface area contributed by atoms with Crippen LogP contribution in [0, 0.1) is 0 Å². The third kappa shape index (κ3) is 8.94. The highest BCUT2D eigenvalue weighted by molar-refractivity contribution is 7.53. The summed E-state index contributed by atoms with van der Waals surface area (Å²) >= 11 is 0. The van der Waals surface area contributed by atoms with Crippen LogP contribution in [-0.2, 0) is 36.9 Å². The van der Waals surface area contributed by atoms with E-state index in [-0.39, 0.29) is 18.2 Å². The van der Waals surface area contributed by atoms with Crippen molar-refractivity contribution in [2.45, 2.75) is 77.0 Å². The van der Waals surface area contributed by atoms with Crippen molar-refractivity contribution in [1.29, 1.82) is 0 Å². The van der Waals surface area contributed by atoms with Crippen LogP contribution in [-0.4, -0.2) is 14.2 Å². The van der Waals surface area contributed by atoms with Gasteiger partial charge in [0.1, 0.15) is 11.5 Å². The molecule has 1 aliphatic rings. The van der Waals surface area contributed by atoms with Crippen molar-refractivity contribution in [3.05, 3.63) is 107 Å². The van der Waals surface area contributed by atoms with Gasteiger partial charge in [-0.15, -0.1) is 0 Å². The molecule has 0 aromatic heterocycles. The van der Waals surface area contributed by atoms with E-state index in [4.69, 9.17) is 18.1 Å². The standard InChI is InChI=1S/C34H44O6P2/c1-5-6-9-20-30-23-32(39-41(35,37-3)25-28-16-10-7-11-17-28)34(31-21-14-15-27(2)22-31)33(24-30)40-42(36,38-4)26-29-18-12-8-13-19-29/h7-8,10-13,16-19,22-24,31H,5-6,9,14-15,20-21,25-26H2,1-4H3. The molecule has 3 atom stereocenters. The minimum Gasteiger partial charge on any atom is -0.424 e. The number of benzene rings is 3. The zero-order valence-corrected chi connectivity index (χ0v) is 27.1. The molecule has 0 saturated heterocycles. The first-order valence-corrected chi connectivity index (χ1v) is 18.3. The maximum Gasteiger partial charge on any atom is 0.383 e. The molecule has 3 aromatic rings. The number of hydrogen-bond acceptors (Lipinski definition) is 6. The van der Waals surface area contributed by atoms with Crippen LogP contribution in [0.15, 0.2) is 84.4 Å². The zero-order valence-electron chi connectivity index (χ0n) is 25.3. The molecular weight excluding hydrogens is 566 g/mol. The molecular formula is C34H44O6P2. The fraction of sp³-hybridized carbons (Fsp3) is 0.412. The molecule has 8 heteroatoms. The maximum absolute atomic E-state index is 14.1. The highest BCUT2D eigenvalue weighted by Gasteiger charge is 2.33. The third-order valence-electron chi connectivity index (χ3n) is 7.64. The van der Waals surface area contributed by atoms with Crippen molar-refractivity contribution >= 4 is 15.2 Å². The highest BCUT2D eigenvalue weighted by atomic mass is 31.2. The van der Waals surface area contributed by atoms with Crippen LogP contribution in [0.2, 0.25) is 0 Å².